The third-order valence-corrected chi connectivity index (χ3v) is 1.29. The summed E-state index contributed by atoms with van der Waals surface area (Å²) in [4.78, 5) is 0. The fourth-order valence-electron chi connectivity index (χ4n) is 0.768. The van der Waals surface area contributed by atoms with Crippen LogP contribution >= 0.6 is 0 Å². The molecule has 0 radical (unpaired) electrons. The van der Waals surface area contributed by atoms with Crippen LogP contribution in [-0.2, 0) is 6.42 Å². The van der Waals surface area contributed by atoms with E-state index >= 15 is 0 Å². The van der Waals surface area contributed by atoms with Crippen molar-refractivity contribution in [2.24, 2.45) is 0 Å². The largest absolute Gasteiger partial charge is 0.508 e. The first-order chi connectivity index (χ1) is 4.83. The Hall–Kier alpha value is -1.31. The average Bonchev–Trinajstić information content (AvgIpc) is 1.95. The van der Waals surface area contributed by atoms with Crippen molar-refractivity contribution < 1.29 is 10.5 Å². The van der Waals surface area contributed by atoms with E-state index in [1.165, 1.54) is 0 Å². The maximum atomic E-state index is 8.88. The van der Waals surface area contributed by atoms with Gasteiger partial charge in [-0.15, -0.1) is 0 Å². The minimum atomic E-state index is 0.292. The highest BCUT2D eigenvalue weighted by molar-refractivity contribution is 5.55. The lowest BCUT2D eigenvalue weighted by Gasteiger charge is -1.92. The number of phenols is 1. The van der Waals surface area contributed by atoms with Crippen LogP contribution in [0.2, 0.25) is 0 Å². The summed E-state index contributed by atoms with van der Waals surface area (Å²) in [5.74, 6) is 0.292. The molecule has 0 fully saturated rings. The van der Waals surface area contributed by atoms with Crippen molar-refractivity contribution in [1.82, 2.24) is 0 Å². The summed E-state index contributed by atoms with van der Waals surface area (Å²) in [7, 11) is 0. The second-order valence-corrected chi connectivity index (χ2v) is 2.11. The number of benzene rings is 1. The van der Waals surface area contributed by atoms with Gasteiger partial charge in [0.15, 0.2) is 0 Å². The Bertz CT molecular complexity index is 215. The SMILES string of the molecule is [NH2+]=CCc1ccc(O)cc1. The van der Waals surface area contributed by atoms with E-state index in [2.05, 4.69) is 0 Å². The lowest BCUT2D eigenvalue weighted by atomic mass is 10.2. The van der Waals surface area contributed by atoms with Gasteiger partial charge in [-0.05, 0) is 17.7 Å². The topological polar surface area (TPSA) is 45.8 Å². The molecule has 1 aromatic carbocycles. The van der Waals surface area contributed by atoms with Crippen molar-refractivity contribution in [1.29, 1.82) is 0 Å². The predicted molar refractivity (Wildman–Crippen MR) is 39.8 cm³/mol. The van der Waals surface area contributed by atoms with Gasteiger partial charge < -0.3 is 5.11 Å². The quantitative estimate of drug-likeness (QED) is 0.542. The molecule has 0 atom stereocenters. The van der Waals surface area contributed by atoms with Crippen molar-refractivity contribution in [2.75, 3.05) is 0 Å². The molecule has 3 N–H and O–H groups in total. The molecule has 0 unspecified atom stereocenters. The van der Waals surface area contributed by atoms with Gasteiger partial charge in [0, 0.05) is 6.42 Å². The molecule has 52 valence electrons. The molecule has 0 heterocycles. The van der Waals surface area contributed by atoms with Gasteiger partial charge in [0.1, 0.15) is 12.0 Å². The predicted octanol–water partition coefficient (Wildman–Crippen LogP) is -0.235. The van der Waals surface area contributed by atoms with Gasteiger partial charge in [0.25, 0.3) is 0 Å². The Morgan fingerprint density at radius 2 is 1.90 bits per heavy atom. The van der Waals surface area contributed by atoms with Crippen LogP contribution < -0.4 is 5.41 Å². The summed E-state index contributed by atoms with van der Waals surface area (Å²) in [6.07, 6.45) is 2.34. The van der Waals surface area contributed by atoms with Crippen LogP contribution in [0.5, 0.6) is 5.75 Å². The molecular formula is C8H10NO+. The van der Waals surface area contributed by atoms with Crippen molar-refractivity contribution in [3.63, 3.8) is 0 Å². The van der Waals surface area contributed by atoms with E-state index < -0.39 is 0 Å². The van der Waals surface area contributed by atoms with Gasteiger partial charge in [-0.25, -0.2) is 0 Å². The molecule has 0 saturated carbocycles. The lowest BCUT2D eigenvalue weighted by Crippen LogP contribution is -2.30. The average molecular weight is 136 g/mol. The molecule has 2 heteroatoms. The van der Waals surface area contributed by atoms with Crippen LogP contribution in [0, 0.1) is 0 Å². The first-order valence-corrected chi connectivity index (χ1v) is 3.14. The van der Waals surface area contributed by atoms with Gasteiger partial charge in [-0.1, -0.05) is 12.1 Å². The lowest BCUT2D eigenvalue weighted by molar-refractivity contribution is -0.107. The summed E-state index contributed by atoms with van der Waals surface area (Å²) in [5.41, 5.74) is 1.11. The molecule has 2 nitrogen and oxygen atoms in total. The van der Waals surface area contributed by atoms with Gasteiger partial charge in [0.2, 0.25) is 0 Å². The van der Waals surface area contributed by atoms with E-state index in [9.17, 15) is 0 Å². The Kier molecular flexibility index (Phi) is 2.05. The van der Waals surface area contributed by atoms with Crippen LogP contribution in [-0.4, -0.2) is 11.3 Å². The smallest absolute Gasteiger partial charge is 0.140 e. The van der Waals surface area contributed by atoms with Gasteiger partial charge in [0.05, 0.1) is 0 Å². The first-order valence-electron chi connectivity index (χ1n) is 3.14. The fourth-order valence-corrected chi connectivity index (χ4v) is 0.768. The summed E-state index contributed by atoms with van der Waals surface area (Å²) in [5, 5.41) is 14.1. The van der Waals surface area contributed by atoms with E-state index in [1.807, 2.05) is 12.1 Å². The Labute approximate surface area is 59.6 Å². The molecule has 0 saturated heterocycles. The van der Waals surface area contributed by atoms with Crippen LogP contribution in [0.4, 0.5) is 0 Å². The summed E-state index contributed by atoms with van der Waals surface area (Å²) < 4.78 is 0. The number of hydrogen-bond donors (Lipinski definition) is 2. The van der Waals surface area contributed by atoms with E-state index in [0.29, 0.717) is 5.75 Å². The molecule has 0 aliphatic heterocycles. The highest BCUT2D eigenvalue weighted by Gasteiger charge is 1.90. The molecular weight excluding hydrogens is 126 g/mol. The standard InChI is InChI=1S/C8H9NO/c9-6-5-7-1-3-8(10)4-2-7/h1-4,6,9-10H,5H2/p+1. The summed E-state index contributed by atoms with van der Waals surface area (Å²) in [6, 6.07) is 7.00. The molecule has 0 aliphatic rings. The molecule has 0 spiro atoms. The van der Waals surface area contributed by atoms with Gasteiger partial charge in [-0.2, -0.15) is 0 Å². The van der Waals surface area contributed by atoms with Crippen molar-refractivity contribution in [2.45, 2.75) is 6.42 Å². The zero-order chi connectivity index (χ0) is 7.40. The summed E-state index contributed by atoms with van der Waals surface area (Å²) >= 11 is 0. The van der Waals surface area contributed by atoms with Gasteiger partial charge >= 0.3 is 0 Å². The Morgan fingerprint density at radius 1 is 1.30 bits per heavy atom. The second-order valence-electron chi connectivity index (χ2n) is 2.11. The van der Waals surface area contributed by atoms with E-state index in [4.69, 9.17) is 10.5 Å². The molecule has 0 amide bonds. The molecule has 1 aromatic rings. The minimum absolute atomic E-state index is 0.292. The molecule has 0 aromatic heterocycles. The normalized spacial score (nSPS) is 9.20. The zero-order valence-electron chi connectivity index (χ0n) is 5.62. The van der Waals surface area contributed by atoms with E-state index in [0.717, 1.165) is 12.0 Å². The zero-order valence-corrected chi connectivity index (χ0v) is 5.62. The van der Waals surface area contributed by atoms with Crippen molar-refractivity contribution in [3.8, 4) is 5.75 Å². The minimum Gasteiger partial charge on any atom is -0.508 e. The van der Waals surface area contributed by atoms with Crippen molar-refractivity contribution in [3.05, 3.63) is 29.8 Å². The fraction of sp³-hybridized carbons (Fsp3) is 0.125. The maximum absolute atomic E-state index is 8.88. The second kappa shape index (κ2) is 3.01. The number of hydrogen-bond acceptors (Lipinski definition) is 1. The third-order valence-electron chi connectivity index (χ3n) is 1.29. The molecule has 1 rings (SSSR count). The Morgan fingerprint density at radius 3 is 2.40 bits per heavy atom. The van der Waals surface area contributed by atoms with E-state index in [-0.39, 0.29) is 0 Å². The molecule has 0 bridgehead atoms. The molecule has 10 heavy (non-hydrogen) atoms. The number of aromatic hydroxyl groups is 1. The van der Waals surface area contributed by atoms with Crippen LogP contribution in [0.15, 0.2) is 24.3 Å². The number of phenolic OH excluding ortho intramolecular Hbond substituents is 1. The maximum Gasteiger partial charge on any atom is 0.140 e. The number of nitrogens with two attached hydrogens (primary N) is 1. The van der Waals surface area contributed by atoms with Crippen LogP contribution in [0.1, 0.15) is 5.56 Å². The Balaban J connectivity index is 2.78. The van der Waals surface area contributed by atoms with Gasteiger partial charge in [-0.3, -0.25) is 5.41 Å². The third kappa shape index (κ3) is 1.58. The highest BCUT2D eigenvalue weighted by atomic mass is 16.3. The molecule has 0 aliphatic carbocycles. The van der Waals surface area contributed by atoms with Crippen LogP contribution in [0.25, 0.3) is 0 Å². The first kappa shape index (κ1) is 6.81. The van der Waals surface area contributed by atoms with Crippen LogP contribution in [0.3, 0.4) is 0 Å². The monoisotopic (exact) mass is 136 g/mol. The summed E-state index contributed by atoms with van der Waals surface area (Å²) in [6.45, 7) is 0. The van der Waals surface area contributed by atoms with E-state index in [1.54, 1.807) is 18.3 Å². The number of rotatable bonds is 2. The highest BCUT2D eigenvalue weighted by Crippen LogP contribution is 2.08. The van der Waals surface area contributed by atoms with Crippen molar-refractivity contribution >= 4 is 6.21 Å².